The van der Waals surface area contributed by atoms with Crippen molar-refractivity contribution in [2.75, 3.05) is 0 Å². The molecule has 0 atom stereocenters. The van der Waals surface area contributed by atoms with Gasteiger partial charge in [0.2, 0.25) is 0 Å². The van der Waals surface area contributed by atoms with E-state index in [1.54, 1.807) is 30.6 Å². The molecule has 19 heavy (non-hydrogen) atoms. The zero-order valence-corrected chi connectivity index (χ0v) is 11.6. The molecule has 1 aromatic heterocycles. The summed E-state index contributed by atoms with van der Waals surface area (Å²) in [5.41, 5.74) is 0.349. The van der Waals surface area contributed by atoms with E-state index in [1.165, 1.54) is 9.13 Å². The van der Waals surface area contributed by atoms with Crippen LogP contribution < -0.4 is 11.1 Å². The summed E-state index contributed by atoms with van der Waals surface area (Å²) in [6, 6.07) is 5.28. The molecule has 0 fully saturated rings. The fraction of sp³-hybridized carbons (Fsp3) is 0.286. The van der Waals surface area contributed by atoms with Gasteiger partial charge in [0.05, 0.1) is 5.69 Å². The lowest BCUT2D eigenvalue weighted by atomic mass is 10.2. The van der Waals surface area contributed by atoms with Crippen LogP contribution in [0.1, 0.15) is 18.9 Å². The van der Waals surface area contributed by atoms with Crippen molar-refractivity contribution in [1.82, 2.24) is 9.13 Å². The largest absolute Gasteiger partial charge is 0.320 e. The number of halogens is 1. The van der Waals surface area contributed by atoms with Crippen molar-refractivity contribution in [3.05, 3.63) is 61.9 Å². The number of rotatable bonds is 3. The fourth-order valence-electron chi connectivity index (χ4n) is 1.97. The third-order valence-corrected chi connectivity index (χ3v) is 3.43. The summed E-state index contributed by atoms with van der Waals surface area (Å²) in [6.45, 7) is 4.32. The van der Waals surface area contributed by atoms with Crippen molar-refractivity contribution in [2.45, 2.75) is 26.8 Å². The van der Waals surface area contributed by atoms with Gasteiger partial charge in [-0.2, -0.15) is 0 Å². The second kappa shape index (κ2) is 5.45. The zero-order valence-electron chi connectivity index (χ0n) is 10.9. The molecule has 0 saturated carbocycles. The molecule has 100 valence electrons. The van der Waals surface area contributed by atoms with Gasteiger partial charge in [-0.1, -0.05) is 24.6 Å². The van der Waals surface area contributed by atoms with E-state index < -0.39 is 11.1 Å². The van der Waals surface area contributed by atoms with Gasteiger partial charge < -0.3 is 4.57 Å². The van der Waals surface area contributed by atoms with E-state index in [-0.39, 0.29) is 0 Å². The van der Waals surface area contributed by atoms with Gasteiger partial charge in [0.25, 0.3) is 0 Å². The molecule has 0 bridgehead atoms. The lowest BCUT2D eigenvalue weighted by Gasteiger charge is -2.11. The summed E-state index contributed by atoms with van der Waals surface area (Å²) < 4.78 is 2.77. The number of nitrogens with zero attached hydrogens (tertiary/aromatic N) is 2. The van der Waals surface area contributed by atoms with Crippen LogP contribution in [0.25, 0.3) is 5.69 Å². The van der Waals surface area contributed by atoms with Gasteiger partial charge in [-0.05, 0) is 31.0 Å². The molecule has 0 aliphatic rings. The topological polar surface area (TPSA) is 44.0 Å². The van der Waals surface area contributed by atoms with Crippen LogP contribution in [0.4, 0.5) is 0 Å². The average molecular weight is 279 g/mol. The van der Waals surface area contributed by atoms with Crippen LogP contribution in [-0.2, 0) is 6.54 Å². The van der Waals surface area contributed by atoms with E-state index in [2.05, 4.69) is 0 Å². The van der Waals surface area contributed by atoms with E-state index in [1.807, 2.05) is 13.8 Å². The van der Waals surface area contributed by atoms with E-state index in [0.717, 1.165) is 12.0 Å². The van der Waals surface area contributed by atoms with Crippen LogP contribution in [0, 0.1) is 6.92 Å². The predicted octanol–water partition coefficient (Wildman–Crippen LogP) is 2.37. The Kier molecular flexibility index (Phi) is 3.90. The van der Waals surface area contributed by atoms with Gasteiger partial charge in [0, 0.05) is 24.0 Å². The number of aryl methyl sites for hydroxylation is 1. The molecule has 1 aromatic carbocycles. The first-order valence-electron chi connectivity index (χ1n) is 6.14. The van der Waals surface area contributed by atoms with E-state index in [9.17, 15) is 9.59 Å². The Morgan fingerprint density at radius 1 is 1.16 bits per heavy atom. The Hall–Kier alpha value is -1.81. The van der Waals surface area contributed by atoms with Gasteiger partial charge in [-0.25, -0.2) is 0 Å². The highest BCUT2D eigenvalue weighted by Gasteiger charge is 2.09. The third-order valence-electron chi connectivity index (χ3n) is 3.02. The maximum absolute atomic E-state index is 12.1. The van der Waals surface area contributed by atoms with Crippen molar-refractivity contribution >= 4 is 11.6 Å². The standard InChI is InChI=1S/C14H15ClN2O2/c1-3-7-16-8-9-17(14(19)13(16)18)12-6-4-5-11(15)10(12)2/h4-6,8-9H,3,7H2,1-2H3. The Balaban J connectivity index is 2.65. The predicted molar refractivity (Wildman–Crippen MR) is 76.3 cm³/mol. The first-order chi connectivity index (χ1) is 9.06. The van der Waals surface area contributed by atoms with Crippen LogP contribution in [0.15, 0.2) is 40.2 Å². The van der Waals surface area contributed by atoms with E-state index in [4.69, 9.17) is 11.6 Å². The molecule has 0 saturated heterocycles. The highest BCUT2D eigenvalue weighted by atomic mass is 35.5. The molecule has 4 nitrogen and oxygen atoms in total. The van der Waals surface area contributed by atoms with Crippen LogP contribution in [0.2, 0.25) is 5.02 Å². The van der Waals surface area contributed by atoms with Crippen LogP contribution in [-0.4, -0.2) is 9.13 Å². The SMILES string of the molecule is CCCn1ccn(-c2cccc(Cl)c2C)c(=O)c1=O. The molecule has 1 heterocycles. The summed E-state index contributed by atoms with van der Waals surface area (Å²) in [6.07, 6.45) is 4.05. The van der Waals surface area contributed by atoms with Gasteiger partial charge in [0.1, 0.15) is 0 Å². The average Bonchev–Trinajstić information content (AvgIpc) is 2.39. The summed E-state index contributed by atoms with van der Waals surface area (Å²) in [5, 5.41) is 0.571. The number of benzene rings is 1. The Morgan fingerprint density at radius 2 is 1.89 bits per heavy atom. The summed E-state index contributed by atoms with van der Waals surface area (Å²) >= 11 is 6.04. The fourth-order valence-corrected chi connectivity index (χ4v) is 2.14. The van der Waals surface area contributed by atoms with Crippen LogP contribution in [0.3, 0.4) is 0 Å². The number of aromatic nitrogens is 2. The molecule has 0 unspecified atom stereocenters. The molecule has 0 radical (unpaired) electrons. The quantitative estimate of drug-likeness (QED) is 0.809. The Labute approximate surface area is 115 Å². The maximum Gasteiger partial charge on any atom is 0.320 e. The Morgan fingerprint density at radius 3 is 2.58 bits per heavy atom. The normalized spacial score (nSPS) is 10.7. The highest BCUT2D eigenvalue weighted by Crippen LogP contribution is 2.20. The summed E-state index contributed by atoms with van der Waals surface area (Å²) in [5.74, 6) is 0. The molecule has 5 heteroatoms. The van der Waals surface area contributed by atoms with Crippen LogP contribution >= 0.6 is 11.6 Å². The minimum atomic E-state index is -0.554. The first-order valence-corrected chi connectivity index (χ1v) is 6.51. The second-order valence-electron chi connectivity index (χ2n) is 4.36. The van der Waals surface area contributed by atoms with E-state index in [0.29, 0.717) is 17.3 Å². The second-order valence-corrected chi connectivity index (χ2v) is 4.76. The lowest BCUT2D eigenvalue weighted by Crippen LogP contribution is -2.40. The van der Waals surface area contributed by atoms with Gasteiger partial charge >= 0.3 is 11.1 Å². The van der Waals surface area contributed by atoms with Gasteiger partial charge in [-0.15, -0.1) is 0 Å². The zero-order chi connectivity index (χ0) is 14.0. The van der Waals surface area contributed by atoms with Crippen molar-refractivity contribution in [1.29, 1.82) is 0 Å². The Bertz CT molecular complexity index is 716. The number of hydrogen-bond donors (Lipinski definition) is 0. The molecule has 0 N–H and O–H groups in total. The molecular formula is C14H15ClN2O2. The minimum absolute atomic E-state index is 0.510. The molecule has 0 aliphatic carbocycles. The molecule has 0 aliphatic heterocycles. The molecular weight excluding hydrogens is 264 g/mol. The maximum atomic E-state index is 12.1. The molecule has 2 aromatic rings. The van der Waals surface area contributed by atoms with Crippen molar-refractivity contribution < 1.29 is 0 Å². The first kappa shape index (κ1) is 13.6. The van der Waals surface area contributed by atoms with Crippen molar-refractivity contribution in [3.8, 4) is 5.69 Å². The summed E-state index contributed by atoms with van der Waals surface area (Å²) in [4.78, 5) is 24.1. The van der Waals surface area contributed by atoms with Crippen molar-refractivity contribution in [2.24, 2.45) is 0 Å². The molecule has 0 amide bonds. The molecule has 0 spiro atoms. The van der Waals surface area contributed by atoms with Gasteiger partial charge in [0.15, 0.2) is 0 Å². The smallest absolute Gasteiger partial charge is 0.309 e. The highest BCUT2D eigenvalue weighted by molar-refractivity contribution is 6.31. The lowest BCUT2D eigenvalue weighted by molar-refractivity contribution is 0.633. The van der Waals surface area contributed by atoms with Gasteiger partial charge in [-0.3, -0.25) is 14.2 Å². The third kappa shape index (κ3) is 2.49. The van der Waals surface area contributed by atoms with Crippen molar-refractivity contribution in [3.63, 3.8) is 0 Å². The van der Waals surface area contributed by atoms with Crippen LogP contribution in [0.5, 0.6) is 0 Å². The van der Waals surface area contributed by atoms with E-state index >= 15 is 0 Å². The monoisotopic (exact) mass is 278 g/mol. The molecule has 2 rings (SSSR count). The minimum Gasteiger partial charge on any atom is -0.309 e. The number of hydrogen-bond acceptors (Lipinski definition) is 2. The summed E-state index contributed by atoms with van der Waals surface area (Å²) in [7, 11) is 0.